The van der Waals surface area contributed by atoms with Gasteiger partial charge in [-0.15, -0.1) is 0 Å². The van der Waals surface area contributed by atoms with Crippen LogP contribution in [0.4, 0.5) is 5.69 Å². The summed E-state index contributed by atoms with van der Waals surface area (Å²) in [4.78, 5) is 6.51. The first-order valence-corrected chi connectivity index (χ1v) is 6.27. The van der Waals surface area contributed by atoms with Gasteiger partial charge in [0.1, 0.15) is 0 Å². The normalized spacial score (nSPS) is 19.4. The van der Waals surface area contributed by atoms with Crippen molar-refractivity contribution in [1.82, 2.24) is 4.98 Å². The predicted molar refractivity (Wildman–Crippen MR) is 66.9 cm³/mol. The molecular weight excluding hydrogens is 216 g/mol. The zero-order chi connectivity index (χ0) is 12.3. The maximum atomic E-state index is 9.66. The Morgan fingerprint density at radius 3 is 2.65 bits per heavy atom. The first-order chi connectivity index (χ1) is 8.20. The number of aliphatic hydroxyl groups is 2. The Kier molecular flexibility index (Phi) is 3.97. The molecule has 0 aliphatic carbocycles. The Balaban J connectivity index is 2.02. The fourth-order valence-electron chi connectivity index (χ4n) is 2.11. The smallest absolute Gasteiger partial charge is 0.0957 e. The molecule has 1 aliphatic rings. The molecule has 1 fully saturated rings. The number of aromatic nitrogens is 1. The Hall–Kier alpha value is -1.13. The summed E-state index contributed by atoms with van der Waals surface area (Å²) < 4.78 is 0. The molecule has 94 valence electrons. The van der Waals surface area contributed by atoms with Crippen molar-refractivity contribution in [2.45, 2.75) is 38.4 Å². The molecule has 1 saturated heterocycles. The highest BCUT2D eigenvalue weighted by atomic mass is 16.3. The lowest BCUT2D eigenvalue weighted by atomic mass is 10.1. The molecule has 17 heavy (non-hydrogen) atoms. The maximum absolute atomic E-state index is 9.66. The molecule has 0 saturated carbocycles. The van der Waals surface area contributed by atoms with Crippen LogP contribution >= 0.6 is 0 Å². The fraction of sp³-hybridized carbons (Fsp3) is 0.615. The minimum absolute atomic E-state index is 0.152. The van der Waals surface area contributed by atoms with E-state index in [1.54, 1.807) is 0 Å². The maximum Gasteiger partial charge on any atom is 0.0957 e. The second kappa shape index (κ2) is 5.47. The summed E-state index contributed by atoms with van der Waals surface area (Å²) in [7, 11) is 0. The third-order valence-corrected chi connectivity index (χ3v) is 3.33. The lowest BCUT2D eigenvalue weighted by molar-refractivity contribution is 0.145. The number of pyridine rings is 1. The number of piperidine rings is 1. The van der Waals surface area contributed by atoms with E-state index in [4.69, 9.17) is 0 Å². The summed E-state index contributed by atoms with van der Waals surface area (Å²) >= 11 is 0. The Morgan fingerprint density at radius 1 is 1.41 bits per heavy atom. The SMILES string of the molecule is CC[C@H](O)c1ccc(N2CCC(O)CC2)cn1. The summed E-state index contributed by atoms with van der Waals surface area (Å²) in [6.07, 6.45) is 3.51. The molecule has 2 rings (SSSR count). The van der Waals surface area contributed by atoms with Gasteiger partial charge in [-0.05, 0) is 31.4 Å². The second-order valence-corrected chi connectivity index (χ2v) is 4.58. The van der Waals surface area contributed by atoms with E-state index in [1.807, 2.05) is 25.3 Å². The van der Waals surface area contributed by atoms with E-state index in [0.29, 0.717) is 6.42 Å². The Labute approximate surface area is 102 Å². The molecule has 0 amide bonds. The van der Waals surface area contributed by atoms with Gasteiger partial charge in [-0.3, -0.25) is 4.98 Å². The summed E-state index contributed by atoms with van der Waals surface area (Å²) in [5, 5.41) is 19.1. The zero-order valence-corrected chi connectivity index (χ0v) is 10.2. The van der Waals surface area contributed by atoms with Gasteiger partial charge >= 0.3 is 0 Å². The summed E-state index contributed by atoms with van der Waals surface area (Å²) in [6.45, 7) is 3.68. The number of hydrogen-bond acceptors (Lipinski definition) is 4. The number of rotatable bonds is 3. The number of nitrogens with zero attached hydrogens (tertiary/aromatic N) is 2. The molecule has 2 heterocycles. The molecular formula is C13H20N2O2. The third kappa shape index (κ3) is 2.96. The predicted octanol–water partition coefficient (Wildman–Crippen LogP) is 1.49. The first kappa shape index (κ1) is 12.3. The topological polar surface area (TPSA) is 56.6 Å². The van der Waals surface area contributed by atoms with Crippen LogP contribution in [0.25, 0.3) is 0 Å². The van der Waals surface area contributed by atoms with Gasteiger partial charge in [-0.25, -0.2) is 0 Å². The average Bonchev–Trinajstić information content (AvgIpc) is 2.39. The van der Waals surface area contributed by atoms with Crippen LogP contribution in [-0.2, 0) is 0 Å². The molecule has 0 spiro atoms. The van der Waals surface area contributed by atoms with Crippen molar-refractivity contribution in [3.8, 4) is 0 Å². The number of anilines is 1. The van der Waals surface area contributed by atoms with Gasteiger partial charge in [0.25, 0.3) is 0 Å². The fourth-order valence-corrected chi connectivity index (χ4v) is 2.11. The highest BCUT2D eigenvalue weighted by Gasteiger charge is 2.17. The van der Waals surface area contributed by atoms with Gasteiger partial charge < -0.3 is 15.1 Å². The molecule has 2 N–H and O–H groups in total. The van der Waals surface area contributed by atoms with Crippen molar-refractivity contribution in [2.75, 3.05) is 18.0 Å². The number of hydrogen-bond donors (Lipinski definition) is 2. The zero-order valence-electron chi connectivity index (χ0n) is 10.2. The molecule has 0 unspecified atom stereocenters. The van der Waals surface area contributed by atoms with Crippen LogP contribution in [0.15, 0.2) is 18.3 Å². The lowest BCUT2D eigenvalue weighted by Gasteiger charge is -2.31. The van der Waals surface area contributed by atoms with Crippen molar-refractivity contribution >= 4 is 5.69 Å². The largest absolute Gasteiger partial charge is 0.393 e. The van der Waals surface area contributed by atoms with Crippen LogP contribution in [0.1, 0.15) is 38.0 Å². The van der Waals surface area contributed by atoms with Crippen molar-refractivity contribution in [3.63, 3.8) is 0 Å². The van der Waals surface area contributed by atoms with E-state index in [-0.39, 0.29) is 6.10 Å². The van der Waals surface area contributed by atoms with Crippen molar-refractivity contribution in [1.29, 1.82) is 0 Å². The van der Waals surface area contributed by atoms with Gasteiger partial charge in [-0.1, -0.05) is 6.92 Å². The molecule has 1 aliphatic heterocycles. The first-order valence-electron chi connectivity index (χ1n) is 6.27. The van der Waals surface area contributed by atoms with E-state index in [9.17, 15) is 10.2 Å². The molecule has 0 aromatic carbocycles. The van der Waals surface area contributed by atoms with Crippen LogP contribution in [0.2, 0.25) is 0 Å². The Morgan fingerprint density at radius 2 is 2.12 bits per heavy atom. The minimum atomic E-state index is -0.466. The van der Waals surface area contributed by atoms with Crippen LogP contribution in [-0.4, -0.2) is 34.4 Å². The molecule has 4 nitrogen and oxygen atoms in total. The summed E-state index contributed by atoms with van der Waals surface area (Å²) in [5.74, 6) is 0. The van der Waals surface area contributed by atoms with Crippen LogP contribution in [0, 0.1) is 0 Å². The van der Waals surface area contributed by atoms with E-state index in [1.165, 1.54) is 0 Å². The molecule has 1 atom stereocenters. The van der Waals surface area contributed by atoms with Crippen molar-refractivity contribution < 1.29 is 10.2 Å². The second-order valence-electron chi connectivity index (χ2n) is 4.58. The molecule has 4 heteroatoms. The van der Waals surface area contributed by atoms with Crippen LogP contribution < -0.4 is 4.90 Å². The molecule has 0 bridgehead atoms. The molecule has 1 aromatic heterocycles. The van der Waals surface area contributed by atoms with E-state index < -0.39 is 6.10 Å². The van der Waals surface area contributed by atoms with Gasteiger partial charge in [0.05, 0.1) is 29.8 Å². The quantitative estimate of drug-likeness (QED) is 0.834. The van der Waals surface area contributed by atoms with Crippen molar-refractivity contribution in [3.05, 3.63) is 24.0 Å². The van der Waals surface area contributed by atoms with E-state index in [0.717, 1.165) is 37.3 Å². The van der Waals surface area contributed by atoms with Crippen LogP contribution in [0.3, 0.4) is 0 Å². The Bertz CT molecular complexity index is 345. The average molecular weight is 236 g/mol. The van der Waals surface area contributed by atoms with Crippen LogP contribution in [0.5, 0.6) is 0 Å². The highest BCUT2D eigenvalue weighted by molar-refractivity contribution is 5.45. The van der Waals surface area contributed by atoms with E-state index >= 15 is 0 Å². The van der Waals surface area contributed by atoms with Crippen molar-refractivity contribution in [2.24, 2.45) is 0 Å². The third-order valence-electron chi connectivity index (χ3n) is 3.33. The van der Waals surface area contributed by atoms with Gasteiger partial charge in [0.2, 0.25) is 0 Å². The minimum Gasteiger partial charge on any atom is -0.393 e. The summed E-state index contributed by atoms with van der Waals surface area (Å²) in [5.41, 5.74) is 1.80. The molecule has 1 aromatic rings. The number of aliphatic hydroxyl groups excluding tert-OH is 2. The van der Waals surface area contributed by atoms with E-state index in [2.05, 4.69) is 9.88 Å². The standard InChI is InChI=1S/C13H20N2O2/c1-2-13(17)12-4-3-10(9-14-12)15-7-5-11(16)6-8-15/h3-4,9,11,13,16-17H,2,5-8H2,1H3/t13-/m0/s1. The molecule has 0 radical (unpaired) electrons. The van der Waals surface area contributed by atoms with Gasteiger partial charge in [-0.2, -0.15) is 0 Å². The highest BCUT2D eigenvalue weighted by Crippen LogP contribution is 2.21. The van der Waals surface area contributed by atoms with Gasteiger partial charge in [0.15, 0.2) is 0 Å². The monoisotopic (exact) mass is 236 g/mol. The summed E-state index contributed by atoms with van der Waals surface area (Å²) in [6, 6.07) is 3.88. The van der Waals surface area contributed by atoms with Gasteiger partial charge in [0, 0.05) is 13.1 Å². The lowest BCUT2D eigenvalue weighted by Crippen LogP contribution is -2.35.